The van der Waals surface area contributed by atoms with Crippen LogP contribution in [-0.2, 0) is 6.54 Å². The Morgan fingerprint density at radius 3 is 2.89 bits per heavy atom. The van der Waals surface area contributed by atoms with Gasteiger partial charge < -0.3 is 0 Å². The Labute approximate surface area is 108 Å². The highest BCUT2D eigenvalue weighted by Crippen LogP contribution is 2.18. The van der Waals surface area contributed by atoms with Crippen molar-refractivity contribution in [3.63, 3.8) is 0 Å². The van der Waals surface area contributed by atoms with Crippen LogP contribution in [0.2, 0.25) is 5.15 Å². The average molecular weight is 262 g/mol. The third kappa shape index (κ3) is 1.95. The molecule has 2 aromatic heterocycles. The molecule has 18 heavy (non-hydrogen) atoms. The van der Waals surface area contributed by atoms with E-state index in [1.165, 1.54) is 6.07 Å². The fraction of sp³-hybridized carbons (Fsp3) is 0.0769. The molecule has 0 atom stereocenters. The van der Waals surface area contributed by atoms with Crippen molar-refractivity contribution in [2.75, 3.05) is 0 Å². The van der Waals surface area contributed by atoms with Crippen LogP contribution in [0.3, 0.4) is 0 Å². The summed E-state index contributed by atoms with van der Waals surface area (Å²) >= 11 is 5.86. The second-order valence-electron chi connectivity index (χ2n) is 3.96. The summed E-state index contributed by atoms with van der Waals surface area (Å²) in [6.45, 7) is 0.372. The van der Waals surface area contributed by atoms with E-state index in [2.05, 4.69) is 10.1 Å². The Kier molecular flexibility index (Phi) is 2.72. The molecule has 0 radical (unpaired) electrons. The molecule has 5 heteroatoms. The Morgan fingerprint density at radius 1 is 1.22 bits per heavy atom. The van der Waals surface area contributed by atoms with Crippen LogP contribution in [0.5, 0.6) is 0 Å². The first-order valence-electron chi connectivity index (χ1n) is 5.44. The quantitative estimate of drug-likeness (QED) is 0.663. The van der Waals surface area contributed by atoms with Crippen molar-refractivity contribution in [3.8, 4) is 0 Å². The summed E-state index contributed by atoms with van der Waals surface area (Å²) in [7, 11) is 0. The summed E-state index contributed by atoms with van der Waals surface area (Å²) in [6.07, 6.45) is 3.35. The van der Waals surface area contributed by atoms with Crippen molar-refractivity contribution < 1.29 is 4.39 Å². The Hall–Kier alpha value is -1.94. The van der Waals surface area contributed by atoms with Gasteiger partial charge in [-0.3, -0.25) is 4.68 Å². The molecule has 0 unspecified atom stereocenters. The number of pyridine rings is 1. The molecule has 0 aliphatic heterocycles. The van der Waals surface area contributed by atoms with E-state index in [-0.39, 0.29) is 5.82 Å². The molecule has 0 aliphatic rings. The molecule has 0 bridgehead atoms. The van der Waals surface area contributed by atoms with Crippen molar-refractivity contribution in [1.82, 2.24) is 14.8 Å². The summed E-state index contributed by atoms with van der Waals surface area (Å²) in [6, 6.07) is 8.38. The van der Waals surface area contributed by atoms with Gasteiger partial charge in [0, 0.05) is 23.2 Å². The van der Waals surface area contributed by atoms with Gasteiger partial charge in [0.1, 0.15) is 11.0 Å². The fourth-order valence-electron chi connectivity index (χ4n) is 1.86. The first kappa shape index (κ1) is 11.2. The molecule has 1 aromatic carbocycles. The van der Waals surface area contributed by atoms with Crippen LogP contribution in [0.15, 0.2) is 42.7 Å². The Bertz CT molecular complexity index is 708. The van der Waals surface area contributed by atoms with Gasteiger partial charge in [-0.1, -0.05) is 29.8 Å². The minimum Gasteiger partial charge on any atom is -0.260 e. The summed E-state index contributed by atoms with van der Waals surface area (Å²) in [5.41, 5.74) is 1.44. The summed E-state index contributed by atoms with van der Waals surface area (Å²) in [5.74, 6) is -0.235. The molecule has 3 nitrogen and oxygen atoms in total. The number of nitrogens with zero attached hydrogens (tertiary/aromatic N) is 3. The monoisotopic (exact) mass is 261 g/mol. The highest BCUT2D eigenvalue weighted by Gasteiger charge is 2.07. The molecule has 0 N–H and O–H groups in total. The van der Waals surface area contributed by atoms with Gasteiger partial charge in [0.05, 0.1) is 18.3 Å². The summed E-state index contributed by atoms with van der Waals surface area (Å²) in [4.78, 5) is 3.98. The van der Waals surface area contributed by atoms with Crippen molar-refractivity contribution in [2.24, 2.45) is 0 Å². The van der Waals surface area contributed by atoms with Gasteiger partial charge in [0.2, 0.25) is 0 Å². The molecule has 0 fully saturated rings. The van der Waals surface area contributed by atoms with E-state index in [1.54, 1.807) is 41.3 Å². The number of hydrogen-bond donors (Lipinski definition) is 0. The molecule has 0 saturated carbocycles. The maximum Gasteiger partial charge on any atom is 0.131 e. The molecular formula is C13H9ClFN3. The van der Waals surface area contributed by atoms with E-state index in [0.717, 1.165) is 10.9 Å². The van der Waals surface area contributed by atoms with Gasteiger partial charge in [0.15, 0.2) is 0 Å². The highest BCUT2D eigenvalue weighted by atomic mass is 35.5. The van der Waals surface area contributed by atoms with Crippen molar-refractivity contribution in [1.29, 1.82) is 0 Å². The second-order valence-corrected chi connectivity index (χ2v) is 4.35. The largest absolute Gasteiger partial charge is 0.260 e. The van der Waals surface area contributed by atoms with Crippen LogP contribution < -0.4 is 0 Å². The van der Waals surface area contributed by atoms with E-state index in [9.17, 15) is 4.39 Å². The van der Waals surface area contributed by atoms with Crippen LogP contribution in [0.1, 0.15) is 5.56 Å². The SMILES string of the molecule is Fc1ccccc1Cn1ncc2cnc(Cl)cc21. The molecule has 0 aliphatic carbocycles. The average Bonchev–Trinajstić information content (AvgIpc) is 2.75. The minimum atomic E-state index is -0.235. The topological polar surface area (TPSA) is 30.7 Å². The third-order valence-electron chi connectivity index (χ3n) is 2.77. The molecule has 3 aromatic rings. The van der Waals surface area contributed by atoms with Crippen molar-refractivity contribution in [3.05, 3.63) is 59.3 Å². The van der Waals surface area contributed by atoms with Gasteiger partial charge in [-0.2, -0.15) is 5.10 Å². The van der Waals surface area contributed by atoms with E-state index < -0.39 is 0 Å². The van der Waals surface area contributed by atoms with Gasteiger partial charge in [-0.05, 0) is 6.07 Å². The van der Waals surface area contributed by atoms with Crippen molar-refractivity contribution >= 4 is 22.5 Å². The van der Waals surface area contributed by atoms with E-state index >= 15 is 0 Å². The van der Waals surface area contributed by atoms with Crippen LogP contribution in [0.25, 0.3) is 10.9 Å². The van der Waals surface area contributed by atoms with E-state index in [1.807, 2.05) is 0 Å². The van der Waals surface area contributed by atoms with Crippen LogP contribution >= 0.6 is 11.6 Å². The van der Waals surface area contributed by atoms with Crippen LogP contribution in [0, 0.1) is 5.82 Å². The molecular weight excluding hydrogens is 253 g/mol. The highest BCUT2D eigenvalue weighted by molar-refractivity contribution is 6.29. The van der Waals surface area contributed by atoms with Crippen LogP contribution in [-0.4, -0.2) is 14.8 Å². The maximum atomic E-state index is 13.6. The zero-order valence-corrected chi connectivity index (χ0v) is 10.1. The number of rotatable bonds is 2. The lowest BCUT2D eigenvalue weighted by molar-refractivity contribution is 0.590. The first-order chi connectivity index (χ1) is 8.74. The van der Waals surface area contributed by atoms with E-state index in [4.69, 9.17) is 11.6 Å². The second kappa shape index (κ2) is 4.38. The number of benzene rings is 1. The third-order valence-corrected chi connectivity index (χ3v) is 2.98. The van der Waals surface area contributed by atoms with Crippen LogP contribution in [0.4, 0.5) is 4.39 Å². The number of aromatic nitrogens is 3. The van der Waals surface area contributed by atoms with E-state index in [0.29, 0.717) is 17.3 Å². The lowest BCUT2D eigenvalue weighted by Crippen LogP contribution is -2.03. The molecule has 0 amide bonds. The van der Waals surface area contributed by atoms with Gasteiger partial charge >= 0.3 is 0 Å². The smallest absolute Gasteiger partial charge is 0.131 e. The molecule has 90 valence electrons. The predicted molar refractivity (Wildman–Crippen MR) is 68.0 cm³/mol. The first-order valence-corrected chi connectivity index (χ1v) is 5.82. The summed E-state index contributed by atoms with van der Waals surface area (Å²) < 4.78 is 15.3. The molecule has 2 heterocycles. The number of hydrogen-bond acceptors (Lipinski definition) is 2. The lowest BCUT2D eigenvalue weighted by Gasteiger charge is -2.05. The zero-order chi connectivity index (χ0) is 12.5. The zero-order valence-electron chi connectivity index (χ0n) is 9.35. The standard InChI is InChI=1S/C13H9ClFN3/c14-13-5-12-10(6-16-13)7-17-18(12)8-9-3-1-2-4-11(9)15/h1-7H,8H2. The van der Waals surface area contributed by atoms with Crippen molar-refractivity contribution in [2.45, 2.75) is 6.54 Å². The lowest BCUT2D eigenvalue weighted by atomic mass is 10.2. The predicted octanol–water partition coefficient (Wildman–Crippen LogP) is 3.27. The number of halogens is 2. The molecule has 3 rings (SSSR count). The normalized spacial score (nSPS) is 11.0. The molecule has 0 saturated heterocycles. The number of fused-ring (bicyclic) bond motifs is 1. The maximum absolute atomic E-state index is 13.6. The molecule has 0 spiro atoms. The Morgan fingerprint density at radius 2 is 2.06 bits per heavy atom. The fourth-order valence-corrected chi connectivity index (χ4v) is 2.01. The van der Waals surface area contributed by atoms with Gasteiger partial charge in [-0.25, -0.2) is 9.37 Å². The minimum absolute atomic E-state index is 0.235. The van der Waals surface area contributed by atoms with Gasteiger partial charge in [0.25, 0.3) is 0 Å². The van der Waals surface area contributed by atoms with Gasteiger partial charge in [-0.15, -0.1) is 0 Å². The summed E-state index contributed by atoms with van der Waals surface area (Å²) in [5, 5.41) is 5.51. The Balaban J connectivity index is 2.05.